The first-order valence-corrected chi connectivity index (χ1v) is 10.1. The Morgan fingerprint density at radius 2 is 2.07 bits per heavy atom. The average Bonchev–Trinajstić information content (AvgIpc) is 2.70. The number of aryl methyl sites for hydroxylation is 2. The maximum atomic E-state index is 14.3. The molecule has 1 amide bonds. The fraction of sp³-hybridized carbons (Fsp3) is 0.476. The van der Waals surface area contributed by atoms with E-state index in [9.17, 15) is 19.1 Å². The molecule has 4 rings (SSSR count). The van der Waals surface area contributed by atoms with Crippen molar-refractivity contribution in [3.8, 4) is 0 Å². The monoisotopic (exact) mass is 415 g/mol. The van der Waals surface area contributed by atoms with E-state index in [1.807, 2.05) is 0 Å². The molecule has 0 unspecified atom stereocenters. The summed E-state index contributed by atoms with van der Waals surface area (Å²) in [5.74, 6) is -0.906. The van der Waals surface area contributed by atoms with E-state index in [-0.39, 0.29) is 36.2 Å². The molecule has 9 heteroatoms. The quantitative estimate of drug-likeness (QED) is 0.696. The van der Waals surface area contributed by atoms with Crippen LogP contribution in [0.15, 0.2) is 29.1 Å². The van der Waals surface area contributed by atoms with Gasteiger partial charge in [0.1, 0.15) is 11.4 Å². The van der Waals surface area contributed by atoms with Gasteiger partial charge in [-0.2, -0.15) is 5.10 Å². The number of benzene rings is 1. The van der Waals surface area contributed by atoms with Crippen LogP contribution in [0.25, 0.3) is 0 Å². The predicted molar refractivity (Wildman–Crippen MR) is 110 cm³/mol. The van der Waals surface area contributed by atoms with Crippen LogP contribution in [0.4, 0.5) is 15.8 Å². The molecule has 2 aliphatic rings. The van der Waals surface area contributed by atoms with Gasteiger partial charge in [-0.25, -0.2) is 9.07 Å². The van der Waals surface area contributed by atoms with Crippen molar-refractivity contribution in [2.24, 2.45) is 7.05 Å². The number of aliphatic hydroxyl groups is 1. The number of carbonyl (C=O) groups is 1. The third-order valence-corrected chi connectivity index (χ3v) is 5.86. The summed E-state index contributed by atoms with van der Waals surface area (Å²) < 4.78 is 15.4. The highest BCUT2D eigenvalue weighted by Crippen LogP contribution is 2.31. The van der Waals surface area contributed by atoms with Gasteiger partial charge in [0, 0.05) is 19.2 Å². The Hall–Kier alpha value is -2.78. The van der Waals surface area contributed by atoms with Gasteiger partial charge in [-0.15, -0.1) is 0 Å². The standard InChI is InChI=1S/C21H26FN5O3/c1-13-6-7-15(14(22)9-13)24-16-10-18(28)26(2)25-19(16)20(29)27-11-21(30,12-27)17-5-3-4-8-23-17/h6-7,9-10,17,23-24,30H,3-5,8,11-12H2,1-2H3/t17-/m0/s1. The Bertz CT molecular complexity index is 1030. The number of amides is 1. The SMILES string of the molecule is Cc1ccc(Nc2cc(=O)n(C)nc2C(=O)N2CC(O)([C@@H]3CCCCN3)C2)c(F)c1. The van der Waals surface area contributed by atoms with Gasteiger partial charge in [0.15, 0.2) is 5.69 Å². The number of nitrogens with zero attached hydrogens (tertiary/aromatic N) is 3. The number of hydrogen-bond donors (Lipinski definition) is 3. The third-order valence-electron chi connectivity index (χ3n) is 5.86. The van der Waals surface area contributed by atoms with Gasteiger partial charge >= 0.3 is 0 Å². The summed E-state index contributed by atoms with van der Waals surface area (Å²) >= 11 is 0. The number of β-amino-alcohol motifs (C(OH)–C–C–N with tert-alkyl or cyclic N) is 1. The smallest absolute Gasteiger partial charge is 0.276 e. The van der Waals surface area contributed by atoms with Crippen LogP contribution < -0.4 is 16.2 Å². The zero-order valence-electron chi connectivity index (χ0n) is 17.1. The second-order valence-electron chi connectivity index (χ2n) is 8.24. The van der Waals surface area contributed by atoms with Gasteiger partial charge in [-0.1, -0.05) is 12.5 Å². The summed E-state index contributed by atoms with van der Waals surface area (Å²) in [7, 11) is 1.45. The van der Waals surface area contributed by atoms with Gasteiger partial charge in [-0.05, 0) is 44.0 Å². The minimum Gasteiger partial charge on any atom is -0.385 e. The maximum absolute atomic E-state index is 14.3. The predicted octanol–water partition coefficient (Wildman–Crippen LogP) is 1.30. The van der Waals surface area contributed by atoms with E-state index < -0.39 is 22.9 Å². The Labute approximate surface area is 173 Å². The summed E-state index contributed by atoms with van der Waals surface area (Å²) in [6, 6.07) is 5.84. The molecule has 2 aromatic rings. The molecule has 3 heterocycles. The van der Waals surface area contributed by atoms with Crippen molar-refractivity contribution in [2.45, 2.75) is 37.8 Å². The fourth-order valence-electron chi connectivity index (χ4n) is 4.10. The van der Waals surface area contributed by atoms with Gasteiger partial charge in [0.2, 0.25) is 0 Å². The van der Waals surface area contributed by atoms with E-state index in [1.165, 1.54) is 24.1 Å². The largest absolute Gasteiger partial charge is 0.385 e. The lowest BCUT2D eigenvalue weighted by Gasteiger charge is -2.51. The van der Waals surface area contributed by atoms with Gasteiger partial charge < -0.3 is 20.6 Å². The molecular weight excluding hydrogens is 389 g/mol. The number of carbonyl (C=O) groups excluding carboxylic acids is 1. The maximum Gasteiger partial charge on any atom is 0.276 e. The van der Waals surface area contributed by atoms with Crippen molar-refractivity contribution in [2.75, 3.05) is 25.0 Å². The van der Waals surface area contributed by atoms with Crippen molar-refractivity contribution in [1.29, 1.82) is 0 Å². The summed E-state index contributed by atoms with van der Waals surface area (Å²) in [6.45, 7) is 3.01. The Kier molecular flexibility index (Phi) is 5.33. The van der Waals surface area contributed by atoms with E-state index >= 15 is 0 Å². The number of nitrogens with one attached hydrogen (secondary N) is 2. The molecule has 0 bridgehead atoms. The minimum atomic E-state index is -0.965. The van der Waals surface area contributed by atoms with Crippen LogP contribution >= 0.6 is 0 Å². The lowest BCUT2D eigenvalue weighted by atomic mass is 9.81. The van der Waals surface area contributed by atoms with Crippen molar-refractivity contribution in [1.82, 2.24) is 20.0 Å². The lowest BCUT2D eigenvalue weighted by molar-refractivity contribution is -0.108. The molecule has 2 fully saturated rings. The van der Waals surface area contributed by atoms with Crippen molar-refractivity contribution < 1.29 is 14.3 Å². The molecule has 0 aliphatic carbocycles. The molecule has 3 N–H and O–H groups in total. The Balaban J connectivity index is 1.57. The number of anilines is 2. The Morgan fingerprint density at radius 3 is 2.73 bits per heavy atom. The summed E-state index contributed by atoms with van der Waals surface area (Å²) in [4.78, 5) is 26.7. The number of likely N-dealkylation sites (tertiary alicyclic amines) is 1. The number of aromatic nitrogens is 2. The first-order valence-electron chi connectivity index (χ1n) is 10.1. The molecule has 1 atom stereocenters. The molecule has 1 aromatic carbocycles. The zero-order chi connectivity index (χ0) is 21.5. The second-order valence-corrected chi connectivity index (χ2v) is 8.24. The topological polar surface area (TPSA) is 99.5 Å². The normalized spacial score (nSPS) is 20.5. The zero-order valence-corrected chi connectivity index (χ0v) is 17.1. The van der Waals surface area contributed by atoms with Gasteiger partial charge in [0.05, 0.1) is 24.5 Å². The molecule has 0 spiro atoms. The van der Waals surface area contributed by atoms with Crippen LogP contribution in [-0.4, -0.2) is 57.0 Å². The average molecular weight is 415 g/mol. The first kappa shape index (κ1) is 20.5. The fourth-order valence-corrected chi connectivity index (χ4v) is 4.10. The molecule has 2 aliphatic heterocycles. The second kappa shape index (κ2) is 7.81. The van der Waals surface area contributed by atoms with E-state index in [2.05, 4.69) is 15.7 Å². The van der Waals surface area contributed by atoms with Crippen molar-refractivity contribution in [3.05, 3.63) is 51.7 Å². The number of halogens is 1. The van der Waals surface area contributed by atoms with Crippen LogP contribution in [-0.2, 0) is 7.05 Å². The Morgan fingerprint density at radius 1 is 1.30 bits per heavy atom. The third kappa shape index (κ3) is 3.82. The number of piperidine rings is 1. The van der Waals surface area contributed by atoms with E-state index in [4.69, 9.17) is 0 Å². The first-order chi connectivity index (χ1) is 14.3. The molecule has 8 nitrogen and oxygen atoms in total. The highest BCUT2D eigenvalue weighted by atomic mass is 19.1. The molecule has 0 radical (unpaired) electrons. The molecule has 160 valence electrons. The van der Waals surface area contributed by atoms with E-state index in [0.717, 1.165) is 36.1 Å². The van der Waals surface area contributed by atoms with Crippen LogP contribution in [0, 0.1) is 12.7 Å². The summed E-state index contributed by atoms with van der Waals surface area (Å²) in [6.07, 6.45) is 3.00. The van der Waals surface area contributed by atoms with E-state index in [1.54, 1.807) is 19.1 Å². The van der Waals surface area contributed by atoms with Gasteiger partial charge in [0.25, 0.3) is 11.5 Å². The van der Waals surface area contributed by atoms with Crippen molar-refractivity contribution in [3.63, 3.8) is 0 Å². The van der Waals surface area contributed by atoms with E-state index in [0.29, 0.717) is 0 Å². The van der Waals surface area contributed by atoms with Crippen LogP contribution in [0.2, 0.25) is 0 Å². The van der Waals surface area contributed by atoms with Gasteiger partial charge in [-0.3, -0.25) is 9.59 Å². The molecule has 0 saturated carbocycles. The summed E-state index contributed by atoms with van der Waals surface area (Å²) in [5.41, 5.74) is -0.335. The minimum absolute atomic E-state index is 0.00993. The lowest BCUT2D eigenvalue weighted by Crippen LogP contribution is -2.72. The van der Waals surface area contributed by atoms with Crippen molar-refractivity contribution >= 4 is 17.3 Å². The van der Waals surface area contributed by atoms with Crippen LogP contribution in [0.1, 0.15) is 35.3 Å². The highest BCUT2D eigenvalue weighted by molar-refractivity contribution is 5.98. The number of hydrogen-bond acceptors (Lipinski definition) is 6. The molecular formula is C21H26FN5O3. The molecule has 1 aromatic heterocycles. The van der Waals surface area contributed by atoms with Crippen LogP contribution in [0.5, 0.6) is 0 Å². The van der Waals surface area contributed by atoms with Crippen LogP contribution in [0.3, 0.4) is 0 Å². The molecule has 30 heavy (non-hydrogen) atoms. The highest BCUT2D eigenvalue weighted by Gasteiger charge is 2.50. The molecule has 2 saturated heterocycles. The number of rotatable bonds is 4. The summed E-state index contributed by atoms with van der Waals surface area (Å²) in [5, 5.41) is 21.1.